The molecule has 0 unspecified atom stereocenters. The molecule has 0 saturated heterocycles. The van der Waals surface area contributed by atoms with Crippen LogP contribution in [-0.2, 0) is 6.42 Å². The minimum absolute atomic E-state index is 0.000207. The second-order valence-corrected chi connectivity index (χ2v) is 6.20. The van der Waals surface area contributed by atoms with Crippen molar-refractivity contribution in [1.29, 1.82) is 0 Å². The summed E-state index contributed by atoms with van der Waals surface area (Å²) in [5.74, 6) is -1.62. The number of carbonyl (C=O) groups is 2. The highest BCUT2D eigenvalue weighted by molar-refractivity contribution is 6.47. The molecule has 0 radical (unpaired) electrons. The van der Waals surface area contributed by atoms with Crippen LogP contribution in [0.1, 0.15) is 32.7 Å². The van der Waals surface area contributed by atoms with E-state index >= 15 is 0 Å². The van der Waals surface area contributed by atoms with Crippen molar-refractivity contribution in [3.05, 3.63) is 53.5 Å². The molecule has 0 saturated carbocycles. The van der Waals surface area contributed by atoms with Gasteiger partial charge < -0.3 is 19.8 Å². The SMILES string of the molecule is O=C(C[C@H]1Cc2cccc(C(=O)O)c2OB1O)c1cnc2nc[nH]c2c1. The number of para-hydroxylation sites is 1. The Morgan fingerprint density at radius 1 is 1.35 bits per heavy atom. The van der Waals surface area contributed by atoms with Gasteiger partial charge in [0.25, 0.3) is 0 Å². The third-order valence-electron chi connectivity index (χ3n) is 4.49. The first-order valence-corrected chi connectivity index (χ1v) is 8.05. The van der Waals surface area contributed by atoms with Gasteiger partial charge in [0, 0.05) is 24.0 Å². The fraction of sp³-hybridized carbons (Fsp3) is 0.176. The minimum Gasteiger partial charge on any atom is -0.535 e. The highest BCUT2D eigenvalue weighted by Gasteiger charge is 2.37. The summed E-state index contributed by atoms with van der Waals surface area (Å²) in [6, 6.07) is 6.45. The molecular weight excluding hydrogens is 337 g/mol. The highest BCUT2D eigenvalue weighted by Crippen LogP contribution is 2.36. The lowest BCUT2D eigenvalue weighted by molar-refractivity contribution is 0.0693. The lowest BCUT2D eigenvalue weighted by Crippen LogP contribution is -2.35. The van der Waals surface area contributed by atoms with Crippen molar-refractivity contribution in [2.24, 2.45) is 0 Å². The molecule has 4 rings (SSSR count). The van der Waals surface area contributed by atoms with Crippen LogP contribution >= 0.6 is 0 Å². The van der Waals surface area contributed by atoms with E-state index in [9.17, 15) is 19.7 Å². The number of carbonyl (C=O) groups excluding carboxylic acids is 1. The smallest absolute Gasteiger partial charge is 0.526 e. The molecule has 0 aliphatic carbocycles. The zero-order valence-corrected chi connectivity index (χ0v) is 13.5. The highest BCUT2D eigenvalue weighted by atomic mass is 16.5. The van der Waals surface area contributed by atoms with E-state index < -0.39 is 18.9 Å². The molecule has 3 N–H and O–H groups in total. The summed E-state index contributed by atoms with van der Waals surface area (Å²) in [6.07, 6.45) is 3.36. The standard InChI is InChI=1S/C17H14BN3O5/c22-14(10-5-13-16(19-7-10)21-8-20-13)6-11-4-9-2-1-3-12(17(23)24)15(9)26-18(11)25/h1-3,5,7-8,11,25H,4,6H2,(H,23,24)(H,19,20,21)/t11-/m1/s1. The number of fused-ring (bicyclic) bond motifs is 2. The Morgan fingerprint density at radius 3 is 3.00 bits per heavy atom. The van der Waals surface area contributed by atoms with Crippen molar-refractivity contribution in [2.45, 2.75) is 18.7 Å². The molecule has 0 fully saturated rings. The Hall–Kier alpha value is -3.20. The molecule has 1 aromatic carbocycles. The van der Waals surface area contributed by atoms with Gasteiger partial charge in [0.05, 0.1) is 17.4 Å². The number of benzene rings is 1. The molecule has 9 heteroatoms. The molecule has 0 bridgehead atoms. The van der Waals surface area contributed by atoms with Crippen LogP contribution in [0.15, 0.2) is 36.8 Å². The number of aromatic carboxylic acids is 1. The largest absolute Gasteiger partial charge is 0.535 e. The summed E-state index contributed by atoms with van der Waals surface area (Å²) in [7, 11) is -1.25. The van der Waals surface area contributed by atoms with Gasteiger partial charge in [-0.15, -0.1) is 0 Å². The topological polar surface area (TPSA) is 125 Å². The normalized spacial score (nSPS) is 16.2. The van der Waals surface area contributed by atoms with Crippen LogP contribution in [0.3, 0.4) is 0 Å². The Bertz CT molecular complexity index is 1020. The van der Waals surface area contributed by atoms with Crippen molar-refractivity contribution in [1.82, 2.24) is 15.0 Å². The molecule has 3 heterocycles. The molecule has 8 nitrogen and oxygen atoms in total. The number of Topliss-reactive ketones (excluding diaryl/α,β-unsaturated/α-hetero) is 1. The second kappa shape index (κ2) is 6.27. The Balaban J connectivity index is 1.56. The lowest BCUT2D eigenvalue weighted by atomic mass is 9.64. The zero-order chi connectivity index (χ0) is 18.3. The van der Waals surface area contributed by atoms with Crippen molar-refractivity contribution >= 4 is 30.0 Å². The number of carboxylic acid groups (broad SMARTS) is 1. The maximum atomic E-state index is 12.6. The maximum Gasteiger partial charge on any atom is 0.526 e. The molecule has 2 aromatic heterocycles. The fourth-order valence-electron chi connectivity index (χ4n) is 3.16. The third kappa shape index (κ3) is 2.82. The molecule has 1 aliphatic heterocycles. The Kier molecular flexibility index (Phi) is 3.93. The number of hydrogen-bond acceptors (Lipinski definition) is 6. The van der Waals surface area contributed by atoms with E-state index in [1.807, 2.05) is 0 Å². The number of carboxylic acids is 1. The van der Waals surface area contributed by atoms with E-state index in [4.69, 9.17) is 4.65 Å². The number of nitrogens with zero attached hydrogens (tertiary/aromatic N) is 2. The first kappa shape index (κ1) is 16.3. The summed E-state index contributed by atoms with van der Waals surface area (Å²) >= 11 is 0. The van der Waals surface area contributed by atoms with E-state index in [-0.39, 0.29) is 23.5 Å². The van der Waals surface area contributed by atoms with Crippen molar-refractivity contribution in [2.75, 3.05) is 0 Å². The second-order valence-electron chi connectivity index (χ2n) is 6.20. The number of nitrogens with one attached hydrogen (secondary N) is 1. The van der Waals surface area contributed by atoms with Gasteiger partial charge in [-0.05, 0) is 24.1 Å². The van der Waals surface area contributed by atoms with Crippen LogP contribution < -0.4 is 4.65 Å². The molecule has 0 amide bonds. The van der Waals surface area contributed by atoms with E-state index in [2.05, 4.69) is 15.0 Å². The van der Waals surface area contributed by atoms with Crippen LogP contribution in [-0.4, -0.2) is 44.0 Å². The number of ketones is 1. The number of H-pyrrole nitrogens is 1. The monoisotopic (exact) mass is 351 g/mol. The molecule has 1 atom stereocenters. The lowest BCUT2D eigenvalue weighted by Gasteiger charge is -2.28. The quantitative estimate of drug-likeness (QED) is 0.483. The predicted octanol–water partition coefficient (Wildman–Crippen LogP) is 1.71. The van der Waals surface area contributed by atoms with Gasteiger partial charge in [-0.1, -0.05) is 12.1 Å². The number of hydrogen-bond donors (Lipinski definition) is 3. The third-order valence-corrected chi connectivity index (χ3v) is 4.49. The van der Waals surface area contributed by atoms with Gasteiger partial charge >= 0.3 is 13.1 Å². The van der Waals surface area contributed by atoms with Crippen LogP contribution in [0.25, 0.3) is 11.2 Å². The fourth-order valence-corrected chi connectivity index (χ4v) is 3.16. The van der Waals surface area contributed by atoms with Crippen LogP contribution in [0.2, 0.25) is 5.82 Å². The van der Waals surface area contributed by atoms with Gasteiger partial charge in [-0.3, -0.25) is 4.79 Å². The number of imidazole rings is 1. The van der Waals surface area contributed by atoms with Gasteiger partial charge in [0.2, 0.25) is 0 Å². The number of aromatic amines is 1. The minimum atomic E-state index is -1.25. The molecule has 26 heavy (non-hydrogen) atoms. The van der Waals surface area contributed by atoms with Gasteiger partial charge in [-0.25, -0.2) is 14.8 Å². The number of rotatable bonds is 4. The summed E-state index contributed by atoms with van der Waals surface area (Å²) in [6.45, 7) is 0. The molecule has 130 valence electrons. The average molecular weight is 351 g/mol. The Morgan fingerprint density at radius 2 is 2.19 bits per heavy atom. The summed E-state index contributed by atoms with van der Waals surface area (Å²) in [4.78, 5) is 34.9. The van der Waals surface area contributed by atoms with Gasteiger partial charge in [0.1, 0.15) is 5.75 Å². The van der Waals surface area contributed by atoms with E-state index in [1.54, 1.807) is 18.2 Å². The summed E-state index contributed by atoms with van der Waals surface area (Å²) < 4.78 is 5.42. The summed E-state index contributed by atoms with van der Waals surface area (Å²) in [5, 5.41) is 19.5. The van der Waals surface area contributed by atoms with Crippen molar-refractivity contribution in [3.63, 3.8) is 0 Å². The first-order chi connectivity index (χ1) is 12.5. The van der Waals surface area contributed by atoms with E-state index in [1.165, 1.54) is 18.6 Å². The van der Waals surface area contributed by atoms with E-state index in [0.29, 0.717) is 28.7 Å². The van der Waals surface area contributed by atoms with E-state index in [0.717, 1.165) is 0 Å². The first-order valence-electron chi connectivity index (χ1n) is 8.05. The summed E-state index contributed by atoms with van der Waals surface area (Å²) in [5.41, 5.74) is 2.26. The average Bonchev–Trinajstić information content (AvgIpc) is 3.09. The van der Waals surface area contributed by atoms with Crippen LogP contribution in [0.5, 0.6) is 5.75 Å². The van der Waals surface area contributed by atoms with Crippen LogP contribution in [0.4, 0.5) is 0 Å². The zero-order valence-electron chi connectivity index (χ0n) is 13.5. The van der Waals surface area contributed by atoms with Crippen molar-refractivity contribution in [3.8, 4) is 5.75 Å². The van der Waals surface area contributed by atoms with Gasteiger partial charge in [-0.2, -0.15) is 0 Å². The molecular formula is C17H14BN3O5. The molecule has 3 aromatic rings. The molecule has 1 aliphatic rings. The molecule has 0 spiro atoms. The number of pyridine rings is 1. The predicted molar refractivity (Wildman–Crippen MR) is 92.3 cm³/mol. The van der Waals surface area contributed by atoms with Gasteiger partial charge in [0.15, 0.2) is 11.4 Å². The van der Waals surface area contributed by atoms with Crippen molar-refractivity contribution < 1.29 is 24.4 Å². The Labute approximate surface area is 148 Å². The van der Waals surface area contributed by atoms with Crippen LogP contribution in [0, 0.1) is 0 Å². The number of aromatic nitrogens is 3. The maximum absolute atomic E-state index is 12.6.